The predicted molar refractivity (Wildman–Crippen MR) is 288 cm³/mol. The van der Waals surface area contributed by atoms with Gasteiger partial charge in [0.05, 0.1) is 0 Å². The first-order valence-corrected chi connectivity index (χ1v) is 27.4. The first-order chi connectivity index (χ1) is 33.0. The Morgan fingerprint density at radius 2 is 0.582 bits per heavy atom. The van der Waals surface area contributed by atoms with Gasteiger partial charge in [0.25, 0.3) is 0 Å². The van der Waals surface area contributed by atoms with Gasteiger partial charge in [0.2, 0.25) is 0 Å². The maximum atomic E-state index is 12.8. The number of allylic oxidation sites excluding steroid dienone is 18. The van der Waals surface area contributed by atoms with E-state index in [0.717, 1.165) is 128 Å². The van der Waals surface area contributed by atoms with Crippen LogP contribution in [0.2, 0.25) is 0 Å². The molecule has 0 heterocycles. The normalized spacial score (nSPS) is 12.9. The topological polar surface area (TPSA) is 78.9 Å². The van der Waals surface area contributed by atoms with E-state index in [4.69, 9.17) is 14.2 Å². The first-order valence-electron chi connectivity index (χ1n) is 27.4. The molecule has 0 radical (unpaired) electrons. The van der Waals surface area contributed by atoms with Crippen LogP contribution in [-0.2, 0) is 28.6 Å². The van der Waals surface area contributed by atoms with E-state index in [9.17, 15) is 14.4 Å². The molecular formula is C61H100O6. The highest BCUT2D eigenvalue weighted by molar-refractivity contribution is 5.71. The lowest BCUT2D eigenvalue weighted by molar-refractivity contribution is -0.167. The molecule has 1 unspecified atom stereocenters. The lowest BCUT2D eigenvalue weighted by atomic mass is 10.1. The SMILES string of the molecule is CC/C=C\C/C=C\C/C=C\C/C=C\CCCCCCCCC(=O)OCC(COC(=O)CCCCCCC/C=C\CCCCCCCC)OC(=O)CCCC/C=C\C/C=C\C/C=C\C/C=C\CC. The van der Waals surface area contributed by atoms with Crippen LogP contribution >= 0.6 is 0 Å². The number of carbonyl (C=O) groups excluding carboxylic acids is 3. The van der Waals surface area contributed by atoms with Gasteiger partial charge in [-0.15, -0.1) is 0 Å². The zero-order valence-corrected chi connectivity index (χ0v) is 43.4. The van der Waals surface area contributed by atoms with Gasteiger partial charge in [-0.3, -0.25) is 14.4 Å². The quantitative estimate of drug-likeness (QED) is 0.0262. The molecule has 0 bridgehead atoms. The van der Waals surface area contributed by atoms with Gasteiger partial charge in [0, 0.05) is 19.3 Å². The van der Waals surface area contributed by atoms with Crippen molar-refractivity contribution in [3.05, 3.63) is 109 Å². The van der Waals surface area contributed by atoms with Crippen molar-refractivity contribution in [3.63, 3.8) is 0 Å². The number of rotatable bonds is 48. The summed E-state index contributed by atoms with van der Waals surface area (Å²) in [6.07, 6.45) is 73.6. The van der Waals surface area contributed by atoms with Gasteiger partial charge in [0.1, 0.15) is 13.2 Å². The van der Waals surface area contributed by atoms with E-state index in [1.54, 1.807) is 0 Å². The van der Waals surface area contributed by atoms with Crippen molar-refractivity contribution in [2.75, 3.05) is 13.2 Å². The molecule has 1 atom stereocenters. The van der Waals surface area contributed by atoms with Crippen LogP contribution < -0.4 is 0 Å². The van der Waals surface area contributed by atoms with Crippen molar-refractivity contribution in [1.29, 1.82) is 0 Å². The number of carbonyl (C=O) groups is 3. The Morgan fingerprint density at radius 3 is 0.955 bits per heavy atom. The molecule has 0 aromatic carbocycles. The fourth-order valence-corrected chi connectivity index (χ4v) is 7.18. The van der Waals surface area contributed by atoms with Crippen LogP contribution in [0.15, 0.2) is 109 Å². The summed E-state index contributed by atoms with van der Waals surface area (Å²) in [6.45, 7) is 6.35. The van der Waals surface area contributed by atoms with Crippen LogP contribution in [0.3, 0.4) is 0 Å². The second kappa shape index (κ2) is 54.7. The molecule has 0 aliphatic carbocycles. The molecule has 0 saturated heterocycles. The largest absolute Gasteiger partial charge is 0.462 e. The lowest BCUT2D eigenvalue weighted by Crippen LogP contribution is -2.30. The Balaban J connectivity index is 4.49. The Kier molecular flexibility index (Phi) is 51.5. The van der Waals surface area contributed by atoms with Crippen LogP contribution in [0, 0.1) is 0 Å². The van der Waals surface area contributed by atoms with E-state index in [-0.39, 0.29) is 37.5 Å². The summed E-state index contributed by atoms with van der Waals surface area (Å²) in [5, 5.41) is 0. The van der Waals surface area contributed by atoms with Crippen LogP contribution in [0.25, 0.3) is 0 Å². The lowest BCUT2D eigenvalue weighted by Gasteiger charge is -2.18. The summed E-state index contributed by atoms with van der Waals surface area (Å²) in [4.78, 5) is 38.1. The highest BCUT2D eigenvalue weighted by Gasteiger charge is 2.19. The van der Waals surface area contributed by atoms with Gasteiger partial charge in [-0.25, -0.2) is 0 Å². The zero-order chi connectivity index (χ0) is 48.6. The Labute approximate surface area is 412 Å². The van der Waals surface area contributed by atoms with Crippen molar-refractivity contribution in [2.45, 2.75) is 245 Å². The van der Waals surface area contributed by atoms with Crippen molar-refractivity contribution in [1.82, 2.24) is 0 Å². The van der Waals surface area contributed by atoms with Crippen molar-refractivity contribution in [2.24, 2.45) is 0 Å². The van der Waals surface area contributed by atoms with Crippen LogP contribution in [-0.4, -0.2) is 37.2 Å². The zero-order valence-electron chi connectivity index (χ0n) is 43.4. The third-order valence-corrected chi connectivity index (χ3v) is 11.2. The number of esters is 3. The molecule has 0 aromatic rings. The van der Waals surface area contributed by atoms with Crippen molar-refractivity contribution in [3.8, 4) is 0 Å². The molecule has 67 heavy (non-hydrogen) atoms. The summed E-state index contributed by atoms with van der Waals surface area (Å²) in [5.41, 5.74) is 0. The van der Waals surface area contributed by atoms with E-state index >= 15 is 0 Å². The highest BCUT2D eigenvalue weighted by atomic mass is 16.6. The third kappa shape index (κ3) is 52.9. The monoisotopic (exact) mass is 929 g/mol. The van der Waals surface area contributed by atoms with Gasteiger partial charge in [-0.2, -0.15) is 0 Å². The number of unbranched alkanes of at least 4 members (excludes halogenated alkanes) is 19. The van der Waals surface area contributed by atoms with Gasteiger partial charge in [-0.1, -0.05) is 207 Å². The number of ether oxygens (including phenoxy) is 3. The summed E-state index contributed by atoms with van der Waals surface area (Å²) in [7, 11) is 0. The molecular weight excluding hydrogens is 829 g/mol. The third-order valence-electron chi connectivity index (χ3n) is 11.2. The van der Waals surface area contributed by atoms with E-state index in [0.29, 0.717) is 19.3 Å². The Bertz CT molecular complexity index is 1390. The minimum absolute atomic E-state index is 0.105. The molecule has 0 amide bonds. The van der Waals surface area contributed by atoms with E-state index in [1.165, 1.54) is 64.2 Å². The van der Waals surface area contributed by atoms with E-state index in [2.05, 4.69) is 130 Å². The highest BCUT2D eigenvalue weighted by Crippen LogP contribution is 2.13. The van der Waals surface area contributed by atoms with Crippen LogP contribution in [0.4, 0.5) is 0 Å². The Hall–Kier alpha value is -3.93. The second-order valence-corrected chi connectivity index (χ2v) is 17.7. The molecule has 0 fully saturated rings. The number of hydrogen-bond acceptors (Lipinski definition) is 6. The molecule has 0 aliphatic rings. The summed E-state index contributed by atoms with van der Waals surface area (Å²) < 4.78 is 16.8. The fourth-order valence-electron chi connectivity index (χ4n) is 7.18. The molecule has 0 N–H and O–H groups in total. The maximum absolute atomic E-state index is 12.8. The fraction of sp³-hybridized carbons (Fsp3) is 0.656. The number of hydrogen-bond donors (Lipinski definition) is 0. The molecule has 0 aromatic heterocycles. The summed E-state index contributed by atoms with van der Waals surface area (Å²) in [6, 6.07) is 0. The summed E-state index contributed by atoms with van der Waals surface area (Å²) in [5.74, 6) is -0.971. The van der Waals surface area contributed by atoms with Gasteiger partial charge >= 0.3 is 17.9 Å². The van der Waals surface area contributed by atoms with Gasteiger partial charge in [-0.05, 0) is 122 Å². The van der Waals surface area contributed by atoms with E-state index in [1.807, 2.05) is 0 Å². The molecule has 380 valence electrons. The second-order valence-electron chi connectivity index (χ2n) is 17.7. The van der Waals surface area contributed by atoms with E-state index < -0.39 is 6.10 Å². The average Bonchev–Trinajstić information content (AvgIpc) is 3.33. The maximum Gasteiger partial charge on any atom is 0.306 e. The van der Waals surface area contributed by atoms with Crippen LogP contribution in [0.1, 0.15) is 239 Å². The van der Waals surface area contributed by atoms with Gasteiger partial charge < -0.3 is 14.2 Å². The van der Waals surface area contributed by atoms with Crippen LogP contribution in [0.5, 0.6) is 0 Å². The molecule has 0 aliphatic heterocycles. The minimum atomic E-state index is -0.811. The molecule has 0 spiro atoms. The first kappa shape index (κ1) is 63.1. The van der Waals surface area contributed by atoms with Gasteiger partial charge in [0.15, 0.2) is 6.10 Å². The minimum Gasteiger partial charge on any atom is -0.462 e. The van der Waals surface area contributed by atoms with Crippen molar-refractivity contribution < 1.29 is 28.6 Å². The molecule has 6 nitrogen and oxygen atoms in total. The molecule has 6 heteroatoms. The Morgan fingerprint density at radius 1 is 0.313 bits per heavy atom. The average molecular weight is 929 g/mol. The van der Waals surface area contributed by atoms with Crippen molar-refractivity contribution >= 4 is 17.9 Å². The molecule has 0 saturated carbocycles. The molecule has 0 rings (SSSR count). The smallest absolute Gasteiger partial charge is 0.306 e. The standard InChI is InChI=1S/C61H100O6/c1-4-7-10-13-16-19-22-25-28-29-30-31-34-36-39-42-45-48-51-54-60(63)66-57-58(67-61(64)55-52-49-46-43-40-37-33-27-24-21-18-15-12-9-6-3)56-65-59(62)53-50-47-44-41-38-35-32-26-23-20-17-14-11-8-5-2/h7,9-10,12,16,18-19,21,25-28,30-33,40,43,58H,4-6,8,11,13-15,17,20,22-24,29,34-39,41-42,44-57H2,1-3H3/b10-7-,12-9-,19-16-,21-18-,28-25-,31-30-,32-26-,33-27-,43-40-. The predicted octanol–water partition coefficient (Wildman–Crippen LogP) is 18.3. The summed E-state index contributed by atoms with van der Waals surface area (Å²) >= 11 is 0.